The minimum Gasteiger partial charge on any atom is -0.481 e. The van der Waals surface area contributed by atoms with Gasteiger partial charge in [-0.3, -0.25) is 25.2 Å². The summed E-state index contributed by atoms with van der Waals surface area (Å²) in [6.45, 7) is 0. The van der Waals surface area contributed by atoms with Crippen LogP contribution in [0.25, 0.3) is 0 Å². The van der Waals surface area contributed by atoms with Crippen LogP contribution < -0.4 is 10.9 Å². The van der Waals surface area contributed by atoms with E-state index in [4.69, 9.17) is 11.6 Å². The van der Waals surface area contributed by atoms with Crippen molar-refractivity contribution in [2.24, 2.45) is 23.7 Å². The number of hydrogen-bond acceptors (Lipinski definition) is 3. The summed E-state index contributed by atoms with van der Waals surface area (Å²) in [7, 11) is 0. The van der Waals surface area contributed by atoms with E-state index in [-0.39, 0.29) is 22.4 Å². The number of hydrazine groups is 1. The summed E-state index contributed by atoms with van der Waals surface area (Å²) < 4.78 is 0. The summed E-state index contributed by atoms with van der Waals surface area (Å²) in [5, 5.41) is 9.64. The first-order valence-electron chi connectivity index (χ1n) is 7.56. The number of rotatable bonds is 3. The van der Waals surface area contributed by atoms with Crippen LogP contribution in [0.15, 0.2) is 24.3 Å². The summed E-state index contributed by atoms with van der Waals surface area (Å²) in [4.78, 5) is 35.8. The van der Waals surface area contributed by atoms with Gasteiger partial charge >= 0.3 is 5.97 Å². The molecule has 2 aliphatic carbocycles. The zero-order chi connectivity index (χ0) is 16.6. The van der Waals surface area contributed by atoms with Gasteiger partial charge in [0.1, 0.15) is 0 Å². The Labute approximate surface area is 138 Å². The van der Waals surface area contributed by atoms with Crippen molar-refractivity contribution >= 4 is 29.4 Å². The highest BCUT2D eigenvalue weighted by molar-refractivity contribution is 6.33. The van der Waals surface area contributed by atoms with Gasteiger partial charge in [-0.15, -0.1) is 0 Å². The summed E-state index contributed by atoms with van der Waals surface area (Å²) in [6, 6.07) is 6.49. The van der Waals surface area contributed by atoms with Crippen molar-refractivity contribution in [3.05, 3.63) is 34.9 Å². The van der Waals surface area contributed by atoms with Crippen molar-refractivity contribution in [1.29, 1.82) is 0 Å². The molecule has 2 aliphatic rings. The minimum atomic E-state index is -0.935. The smallest absolute Gasteiger partial charge is 0.307 e. The highest BCUT2D eigenvalue weighted by Crippen LogP contribution is 2.52. The van der Waals surface area contributed by atoms with Crippen molar-refractivity contribution in [2.75, 3.05) is 0 Å². The molecule has 3 N–H and O–H groups in total. The van der Waals surface area contributed by atoms with Gasteiger partial charge in [0.25, 0.3) is 5.91 Å². The summed E-state index contributed by atoms with van der Waals surface area (Å²) >= 11 is 5.93. The molecule has 4 unspecified atom stereocenters. The quantitative estimate of drug-likeness (QED) is 0.734. The number of benzene rings is 1. The third kappa shape index (κ3) is 2.91. The standard InChI is InChI=1S/C16H17ClN2O4/c17-11-4-2-1-3-10(11)14(20)18-19-15(21)12-8-5-6-9(7-8)13(12)16(22)23/h1-4,8-9,12-13H,5-7H2,(H,18,20)(H,19,21)(H,22,23). The Morgan fingerprint density at radius 3 is 2.35 bits per heavy atom. The first kappa shape index (κ1) is 15.8. The van der Waals surface area contributed by atoms with Crippen LogP contribution in [0, 0.1) is 23.7 Å². The third-order valence-electron chi connectivity index (χ3n) is 4.92. The second-order valence-corrected chi connectivity index (χ2v) is 6.55. The van der Waals surface area contributed by atoms with Gasteiger partial charge in [0.15, 0.2) is 0 Å². The molecule has 1 aromatic rings. The number of halogens is 1. The fraction of sp³-hybridized carbons (Fsp3) is 0.438. The number of hydrogen-bond donors (Lipinski definition) is 3. The maximum atomic E-state index is 12.3. The molecule has 0 aromatic heterocycles. The minimum absolute atomic E-state index is 0.0625. The number of carboxylic acids is 1. The molecule has 2 fully saturated rings. The average molecular weight is 337 g/mol. The SMILES string of the molecule is O=C(NNC(=O)C1C2CCC(C2)C1C(=O)O)c1ccccc1Cl. The van der Waals surface area contributed by atoms with Gasteiger partial charge in [0.05, 0.1) is 22.4 Å². The summed E-state index contributed by atoms with van der Waals surface area (Å²) in [6.07, 6.45) is 2.50. The topological polar surface area (TPSA) is 95.5 Å². The lowest BCUT2D eigenvalue weighted by atomic mass is 9.79. The molecule has 0 spiro atoms. The maximum absolute atomic E-state index is 12.3. The maximum Gasteiger partial charge on any atom is 0.307 e. The lowest BCUT2D eigenvalue weighted by Gasteiger charge is -2.27. The van der Waals surface area contributed by atoms with Crippen LogP contribution in [-0.4, -0.2) is 22.9 Å². The number of carbonyl (C=O) groups excluding carboxylic acids is 2. The molecular weight excluding hydrogens is 320 g/mol. The molecular formula is C16H17ClN2O4. The van der Waals surface area contributed by atoms with E-state index in [0.29, 0.717) is 0 Å². The monoisotopic (exact) mass is 336 g/mol. The predicted octanol–water partition coefficient (Wildman–Crippen LogP) is 1.85. The van der Waals surface area contributed by atoms with E-state index < -0.39 is 29.6 Å². The number of carbonyl (C=O) groups is 3. The Morgan fingerprint density at radius 2 is 1.70 bits per heavy atom. The molecule has 0 radical (unpaired) electrons. The molecule has 6 nitrogen and oxygen atoms in total. The van der Waals surface area contributed by atoms with E-state index in [9.17, 15) is 19.5 Å². The van der Waals surface area contributed by atoms with Gasteiger partial charge in [-0.05, 0) is 43.2 Å². The Morgan fingerprint density at radius 1 is 1.04 bits per heavy atom. The summed E-state index contributed by atoms with van der Waals surface area (Å²) in [5.74, 6) is -3.01. The number of aliphatic carboxylic acids is 1. The van der Waals surface area contributed by atoms with Crippen LogP contribution in [0.5, 0.6) is 0 Å². The van der Waals surface area contributed by atoms with E-state index in [1.165, 1.54) is 0 Å². The van der Waals surface area contributed by atoms with Crippen molar-refractivity contribution in [3.8, 4) is 0 Å². The van der Waals surface area contributed by atoms with Crippen LogP contribution in [0.4, 0.5) is 0 Å². The predicted molar refractivity (Wildman–Crippen MR) is 82.5 cm³/mol. The van der Waals surface area contributed by atoms with E-state index >= 15 is 0 Å². The van der Waals surface area contributed by atoms with E-state index in [1.807, 2.05) is 0 Å². The average Bonchev–Trinajstić information content (AvgIpc) is 3.13. The molecule has 7 heteroatoms. The number of fused-ring (bicyclic) bond motifs is 2. The molecule has 2 amide bonds. The molecule has 0 aliphatic heterocycles. The second-order valence-electron chi connectivity index (χ2n) is 6.15. The third-order valence-corrected chi connectivity index (χ3v) is 5.25. The molecule has 4 atom stereocenters. The normalized spacial score (nSPS) is 28.4. The fourth-order valence-electron chi connectivity index (χ4n) is 3.94. The van der Waals surface area contributed by atoms with Crippen LogP contribution >= 0.6 is 11.6 Å². The van der Waals surface area contributed by atoms with Crippen LogP contribution in [0.2, 0.25) is 5.02 Å². The highest BCUT2D eigenvalue weighted by Gasteiger charge is 2.54. The molecule has 3 rings (SSSR count). The zero-order valence-electron chi connectivity index (χ0n) is 12.3. The molecule has 2 saturated carbocycles. The molecule has 122 valence electrons. The first-order valence-corrected chi connectivity index (χ1v) is 7.94. The van der Waals surface area contributed by atoms with Gasteiger partial charge in [-0.25, -0.2) is 0 Å². The lowest BCUT2D eigenvalue weighted by Crippen LogP contribution is -2.48. The van der Waals surface area contributed by atoms with E-state index in [2.05, 4.69) is 10.9 Å². The van der Waals surface area contributed by atoms with Gasteiger partial charge < -0.3 is 5.11 Å². The second kappa shape index (κ2) is 6.20. The van der Waals surface area contributed by atoms with Crippen LogP contribution in [0.3, 0.4) is 0 Å². The number of nitrogens with one attached hydrogen (secondary N) is 2. The Hall–Kier alpha value is -2.08. The molecule has 0 saturated heterocycles. The number of amides is 2. The highest BCUT2D eigenvalue weighted by atomic mass is 35.5. The number of carboxylic acid groups (broad SMARTS) is 1. The first-order chi connectivity index (χ1) is 11.0. The molecule has 2 bridgehead atoms. The van der Waals surface area contributed by atoms with Crippen LogP contribution in [0.1, 0.15) is 29.6 Å². The largest absolute Gasteiger partial charge is 0.481 e. The zero-order valence-corrected chi connectivity index (χ0v) is 13.0. The van der Waals surface area contributed by atoms with Crippen molar-refractivity contribution in [1.82, 2.24) is 10.9 Å². The molecule has 1 aromatic carbocycles. The Kier molecular flexibility index (Phi) is 4.26. The molecule has 23 heavy (non-hydrogen) atoms. The van der Waals surface area contributed by atoms with Crippen molar-refractivity contribution < 1.29 is 19.5 Å². The van der Waals surface area contributed by atoms with Crippen molar-refractivity contribution in [2.45, 2.75) is 19.3 Å². The van der Waals surface area contributed by atoms with Crippen molar-refractivity contribution in [3.63, 3.8) is 0 Å². The summed E-state index contributed by atoms with van der Waals surface area (Å²) in [5.41, 5.74) is 4.93. The fourth-order valence-corrected chi connectivity index (χ4v) is 4.16. The molecule has 0 heterocycles. The van der Waals surface area contributed by atoms with Gasteiger partial charge in [-0.2, -0.15) is 0 Å². The van der Waals surface area contributed by atoms with Crippen LogP contribution in [-0.2, 0) is 9.59 Å². The van der Waals surface area contributed by atoms with E-state index in [1.54, 1.807) is 24.3 Å². The Balaban J connectivity index is 1.64. The van der Waals surface area contributed by atoms with Gasteiger partial charge in [-0.1, -0.05) is 23.7 Å². The lowest BCUT2D eigenvalue weighted by molar-refractivity contribution is -0.149. The Bertz CT molecular complexity index is 663. The van der Waals surface area contributed by atoms with E-state index in [0.717, 1.165) is 19.3 Å². The van der Waals surface area contributed by atoms with Gasteiger partial charge in [0.2, 0.25) is 5.91 Å². The van der Waals surface area contributed by atoms with Gasteiger partial charge in [0, 0.05) is 0 Å².